The van der Waals surface area contributed by atoms with Crippen molar-refractivity contribution in [2.45, 2.75) is 169 Å². The van der Waals surface area contributed by atoms with E-state index in [1.54, 1.807) is 74.6 Å². The number of aromatic nitrogens is 3. The summed E-state index contributed by atoms with van der Waals surface area (Å²) in [5, 5.41) is 46.2. The second-order valence-corrected chi connectivity index (χ2v) is 27.6. The molecule has 0 unspecified atom stereocenters. The third-order valence-corrected chi connectivity index (χ3v) is 19.9. The van der Waals surface area contributed by atoms with Crippen LogP contribution in [0, 0.1) is 23.7 Å². The summed E-state index contributed by atoms with van der Waals surface area (Å²) in [5.41, 5.74) is 7.59. The van der Waals surface area contributed by atoms with Crippen molar-refractivity contribution in [2.75, 3.05) is 79.2 Å². The Bertz CT molecular complexity index is 2970. The number of carbonyl (C=O) groups is 7. The summed E-state index contributed by atoms with van der Waals surface area (Å²) in [6.45, 7) is 22.9. The van der Waals surface area contributed by atoms with E-state index in [0.717, 1.165) is 5.56 Å². The molecule has 1 aromatic heterocycles. The number of aliphatic hydroxyl groups is 1. The predicted octanol–water partition coefficient (Wildman–Crippen LogP) is 4.86. The van der Waals surface area contributed by atoms with Crippen LogP contribution in [0.1, 0.15) is 119 Å². The highest BCUT2D eigenvalue weighted by Gasteiger charge is 2.44. The quantitative estimate of drug-likeness (QED) is 0.0305. The predicted molar refractivity (Wildman–Crippen MR) is 350 cm³/mol. The van der Waals surface area contributed by atoms with Crippen LogP contribution in [0.5, 0.6) is 11.5 Å². The van der Waals surface area contributed by atoms with Crippen molar-refractivity contribution in [2.24, 2.45) is 29.4 Å². The molecule has 0 saturated carbocycles. The fraction of sp³-hybridized carbons (Fsp3) is 0.667. The monoisotopic (exact) mass is 1310 g/mol. The SMILES string of the molecule is CC[C@H](C)[C@@H]([C@@H](CC(=O)N1CCC[C@H]1[C@H](OC)[C@@H](C)C(=O)N[C@H](C)[C@H](C)O)OC)N(C)C(=O)[C@@H](NC(=O)[C@H](C(C)C)N(C)C(=O)OCCSSC[C@H](NC(=O)N1CCN(Cc2ccc(-n3c(-c4cc(C(C)C)c(O)cc4O)n[nH]c3=O)cc2)CC1)C(N)=O)C(C)C. The molecule has 0 spiro atoms. The topological polar surface area (TPSA) is 337 Å². The van der Waals surface area contributed by atoms with Crippen LogP contribution >= 0.6 is 21.6 Å². The van der Waals surface area contributed by atoms with Crippen molar-refractivity contribution in [1.82, 2.24) is 55.2 Å². The van der Waals surface area contributed by atoms with E-state index in [0.29, 0.717) is 81.1 Å². The van der Waals surface area contributed by atoms with Crippen molar-refractivity contribution >= 4 is 63.2 Å². The number of aromatic amines is 1. The Morgan fingerprint density at radius 3 is 2.05 bits per heavy atom. The maximum absolute atomic E-state index is 14.7. The zero-order chi connectivity index (χ0) is 67.7. The van der Waals surface area contributed by atoms with Crippen LogP contribution in [0.3, 0.4) is 0 Å². The number of H-pyrrole nitrogens is 1. The third kappa shape index (κ3) is 19.7. The zero-order valence-corrected chi connectivity index (χ0v) is 57.2. The molecule has 91 heavy (non-hydrogen) atoms. The Morgan fingerprint density at radius 1 is 0.824 bits per heavy atom. The standard InChI is InChI=1S/C63H100N12O14S2/c1-16-38(8)54(50(87-14)32-51(79)74-23-17-18-47(74)55(88-15)39(9)58(81)65-40(10)41(11)76)70(12)60(83)52(36(4)5)67-59(82)53(37(6)7)71(13)63(86)89-28-29-90-91-34-46(56(64)80)66-61(84)73-26-24-72(25-27-73)33-42-19-21-43(22-20-42)75-57(68-69-62(75)85)45-30-44(35(2)3)48(77)31-49(45)78/h19-22,30-31,35-41,46-47,50,52-55,76-78H,16-18,23-29,32-34H2,1-15H3,(H2,64,80)(H,65,81)(H,66,84)(H,67,82)(H,69,85)/t38-,39+,40+,41-,46-,47-,50+,52-,53-,54-,55+/m0/s1. The molecule has 2 fully saturated rings. The van der Waals surface area contributed by atoms with Gasteiger partial charge in [0.25, 0.3) is 0 Å². The minimum atomic E-state index is -1.03. The van der Waals surface area contributed by atoms with E-state index >= 15 is 0 Å². The Kier molecular flexibility index (Phi) is 28.8. The van der Waals surface area contributed by atoms with E-state index in [9.17, 15) is 53.7 Å². The molecule has 3 heterocycles. The number of benzene rings is 2. The van der Waals surface area contributed by atoms with Gasteiger partial charge < -0.3 is 65.9 Å². The van der Waals surface area contributed by atoms with Crippen molar-refractivity contribution in [1.29, 1.82) is 0 Å². The summed E-state index contributed by atoms with van der Waals surface area (Å²) in [6.07, 6.45) is -0.984. The zero-order valence-electron chi connectivity index (χ0n) is 55.6. The first-order valence-corrected chi connectivity index (χ1v) is 33.9. The minimum absolute atomic E-state index is 0.0454. The number of primary amides is 1. The third-order valence-electron chi connectivity index (χ3n) is 17.5. The van der Waals surface area contributed by atoms with Crippen molar-refractivity contribution in [3.05, 3.63) is 58.0 Å². The molecule has 2 saturated heterocycles. The highest BCUT2D eigenvalue weighted by atomic mass is 33.1. The number of ether oxygens (including phenoxy) is 3. The van der Waals surface area contributed by atoms with Crippen LogP contribution in [0.25, 0.3) is 17.1 Å². The number of amides is 8. The first-order valence-electron chi connectivity index (χ1n) is 31.4. The molecule has 28 heteroatoms. The number of hydrogen-bond donors (Lipinski definition) is 8. The fourth-order valence-corrected chi connectivity index (χ4v) is 13.7. The van der Waals surface area contributed by atoms with E-state index < -0.39 is 108 Å². The largest absolute Gasteiger partial charge is 0.508 e. The smallest absolute Gasteiger partial charge is 0.410 e. The molecular weight excluding hydrogens is 1210 g/mol. The van der Waals surface area contributed by atoms with Crippen LogP contribution in [0.2, 0.25) is 0 Å². The number of methoxy groups -OCH3 is 2. The number of hydrogen-bond acceptors (Lipinski definition) is 18. The first-order chi connectivity index (χ1) is 43.0. The Balaban J connectivity index is 1.08. The Hall–Kier alpha value is -6.59. The highest BCUT2D eigenvalue weighted by molar-refractivity contribution is 8.76. The molecule has 0 bridgehead atoms. The summed E-state index contributed by atoms with van der Waals surface area (Å²) in [5.74, 6) is -3.43. The minimum Gasteiger partial charge on any atom is -0.508 e. The van der Waals surface area contributed by atoms with Gasteiger partial charge in [0.15, 0.2) is 5.82 Å². The molecule has 0 radical (unpaired) electrons. The summed E-state index contributed by atoms with van der Waals surface area (Å²) in [4.78, 5) is 117. The van der Waals surface area contributed by atoms with Gasteiger partial charge in [0.05, 0.1) is 60.0 Å². The summed E-state index contributed by atoms with van der Waals surface area (Å²) in [6, 6.07) is 5.27. The maximum Gasteiger partial charge on any atom is 0.410 e. The molecule has 0 aliphatic carbocycles. The molecule has 11 atom stereocenters. The van der Waals surface area contributed by atoms with Crippen LogP contribution < -0.4 is 27.4 Å². The number of nitrogens with zero attached hydrogens (tertiary/aromatic N) is 7. The molecule has 3 aromatic rings. The van der Waals surface area contributed by atoms with E-state index in [1.807, 2.05) is 53.7 Å². The summed E-state index contributed by atoms with van der Waals surface area (Å²) < 4.78 is 18.9. The van der Waals surface area contributed by atoms with Crippen molar-refractivity contribution < 1.29 is 63.1 Å². The van der Waals surface area contributed by atoms with Crippen molar-refractivity contribution in [3.8, 4) is 28.6 Å². The maximum atomic E-state index is 14.7. The lowest BCUT2D eigenvalue weighted by atomic mass is 9.89. The Labute approximate surface area is 543 Å². The van der Waals surface area contributed by atoms with Crippen LogP contribution in [0.15, 0.2) is 41.2 Å². The fourth-order valence-electron chi connectivity index (χ4n) is 11.7. The van der Waals surface area contributed by atoms with Gasteiger partial charge >= 0.3 is 17.8 Å². The molecule has 2 aliphatic heterocycles. The molecule has 8 amide bonds. The van der Waals surface area contributed by atoms with Gasteiger partial charge in [-0.2, -0.15) is 5.10 Å². The number of likely N-dealkylation sites (tertiary alicyclic amines) is 1. The van der Waals surface area contributed by atoms with Gasteiger partial charge in [-0.3, -0.25) is 33.8 Å². The van der Waals surface area contributed by atoms with Gasteiger partial charge in [-0.25, -0.2) is 24.0 Å². The van der Waals surface area contributed by atoms with Gasteiger partial charge in [-0.1, -0.05) is 102 Å². The normalized spacial score (nSPS) is 17.9. The number of aromatic hydroxyl groups is 2. The molecule has 508 valence electrons. The average Bonchev–Trinajstić information content (AvgIpc) is 1.81. The van der Waals surface area contributed by atoms with E-state index in [2.05, 4.69) is 31.0 Å². The molecule has 2 aliphatic rings. The number of nitrogens with one attached hydrogen (secondary N) is 4. The Morgan fingerprint density at radius 2 is 1.48 bits per heavy atom. The van der Waals surface area contributed by atoms with Crippen molar-refractivity contribution in [3.63, 3.8) is 0 Å². The summed E-state index contributed by atoms with van der Waals surface area (Å²) in [7, 11) is 8.71. The second kappa shape index (κ2) is 34.9. The number of nitrogens with two attached hydrogens (primary N) is 1. The molecule has 2 aromatic carbocycles. The number of likely N-dealkylation sites (N-methyl/N-ethyl adjacent to an activating group) is 2. The lowest BCUT2D eigenvalue weighted by Crippen LogP contribution is -2.60. The van der Waals surface area contributed by atoms with E-state index in [4.69, 9.17) is 19.9 Å². The van der Waals surface area contributed by atoms with Gasteiger partial charge in [0.1, 0.15) is 36.2 Å². The van der Waals surface area contributed by atoms with Crippen LogP contribution in [-0.2, 0) is 44.7 Å². The van der Waals surface area contributed by atoms with E-state index in [-0.39, 0.29) is 59.8 Å². The van der Waals surface area contributed by atoms with Crippen LogP contribution in [-0.4, -0.2) is 230 Å². The van der Waals surface area contributed by atoms with Gasteiger partial charge in [-0.15, -0.1) is 0 Å². The van der Waals surface area contributed by atoms with Crippen LogP contribution in [0.4, 0.5) is 9.59 Å². The molecule has 9 N–H and O–H groups in total. The number of aliphatic hydroxyl groups excluding tert-OH is 1. The number of phenolic OH excluding ortho intramolecular Hbond substituents is 2. The average molecular weight is 1310 g/mol. The number of carbonyl (C=O) groups excluding carboxylic acids is 7. The van der Waals surface area contributed by atoms with Gasteiger partial charge in [-0.05, 0) is 79.7 Å². The highest BCUT2D eigenvalue weighted by Crippen LogP contribution is 2.38. The molecule has 5 rings (SSSR count). The summed E-state index contributed by atoms with van der Waals surface area (Å²) >= 11 is 0. The number of urea groups is 1. The number of rotatable bonds is 32. The molecule has 26 nitrogen and oxygen atoms in total. The second-order valence-electron chi connectivity index (χ2n) is 25.0. The number of phenols is 2. The number of piperazine rings is 1. The van der Waals surface area contributed by atoms with Gasteiger partial charge in [0, 0.05) is 85.2 Å². The lowest BCUT2D eigenvalue weighted by molar-refractivity contribution is -0.148. The first kappa shape index (κ1) is 75.1. The van der Waals surface area contributed by atoms with Gasteiger partial charge in [0.2, 0.25) is 29.5 Å². The van der Waals surface area contributed by atoms with E-state index in [1.165, 1.54) is 58.4 Å². The molecular formula is C63H100N12O14S2. The lowest BCUT2D eigenvalue weighted by Gasteiger charge is -2.41.